The third-order valence-electron chi connectivity index (χ3n) is 3.95. The van der Waals surface area contributed by atoms with Crippen molar-refractivity contribution in [2.45, 2.75) is 13.0 Å². The number of hydrogen-bond acceptors (Lipinski definition) is 4. The number of carboxylic acids is 1. The molecular weight excluding hydrogens is 298 g/mol. The Labute approximate surface area is 133 Å². The second-order valence-electron chi connectivity index (χ2n) is 5.49. The fourth-order valence-corrected chi connectivity index (χ4v) is 2.67. The van der Waals surface area contributed by atoms with Gasteiger partial charge in [0.2, 0.25) is 0 Å². The number of hydrogen-bond donors (Lipinski definition) is 1. The van der Waals surface area contributed by atoms with Crippen LogP contribution >= 0.6 is 0 Å². The lowest BCUT2D eigenvalue weighted by Gasteiger charge is -2.30. The smallest absolute Gasteiger partial charge is 0.414 e. The van der Waals surface area contributed by atoms with Crippen LogP contribution in [0.15, 0.2) is 36.5 Å². The van der Waals surface area contributed by atoms with Crippen molar-refractivity contribution in [1.29, 1.82) is 0 Å². The minimum absolute atomic E-state index is 0.0850. The molecule has 1 N–H and O–H groups in total. The van der Waals surface area contributed by atoms with Gasteiger partial charge >= 0.3 is 12.1 Å². The predicted molar refractivity (Wildman–Crippen MR) is 82.0 cm³/mol. The molecule has 0 spiro atoms. The van der Waals surface area contributed by atoms with E-state index in [4.69, 9.17) is 4.74 Å². The van der Waals surface area contributed by atoms with Crippen LogP contribution in [0.2, 0.25) is 0 Å². The van der Waals surface area contributed by atoms with E-state index in [2.05, 4.69) is 5.10 Å². The zero-order valence-corrected chi connectivity index (χ0v) is 12.7. The van der Waals surface area contributed by atoms with Gasteiger partial charge in [-0.05, 0) is 5.56 Å². The van der Waals surface area contributed by atoms with E-state index in [0.29, 0.717) is 12.1 Å². The first-order valence-corrected chi connectivity index (χ1v) is 7.28. The van der Waals surface area contributed by atoms with Crippen molar-refractivity contribution in [2.24, 2.45) is 13.0 Å². The number of aliphatic carboxylic acids is 1. The van der Waals surface area contributed by atoms with Gasteiger partial charge < -0.3 is 9.84 Å². The normalized spacial score (nSPS) is 16.7. The maximum absolute atomic E-state index is 12.4. The number of fused-ring (bicyclic) bond motifs is 1. The van der Waals surface area contributed by atoms with Crippen molar-refractivity contribution in [3.05, 3.63) is 47.8 Å². The molecule has 0 aliphatic carbocycles. The van der Waals surface area contributed by atoms with Gasteiger partial charge in [-0.15, -0.1) is 0 Å². The summed E-state index contributed by atoms with van der Waals surface area (Å²) in [4.78, 5) is 25.1. The van der Waals surface area contributed by atoms with Crippen LogP contribution in [0.1, 0.15) is 11.3 Å². The summed E-state index contributed by atoms with van der Waals surface area (Å²) in [5.74, 6) is -1.60. The summed E-state index contributed by atoms with van der Waals surface area (Å²) in [5, 5.41) is 13.4. The number of carbonyl (C=O) groups excluding carboxylic acids is 1. The molecule has 1 aromatic heterocycles. The van der Waals surface area contributed by atoms with Crippen molar-refractivity contribution < 1.29 is 19.4 Å². The molecule has 0 radical (unpaired) electrons. The van der Waals surface area contributed by atoms with E-state index in [0.717, 1.165) is 11.3 Å². The molecule has 2 aromatic rings. The Hall–Kier alpha value is -2.83. The Bertz CT molecular complexity index is 726. The van der Waals surface area contributed by atoms with Gasteiger partial charge in [0.1, 0.15) is 6.61 Å². The van der Waals surface area contributed by atoms with Gasteiger partial charge in [0.25, 0.3) is 0 Å². The number of ether oxygens (including phenoxy) is 1. The molecule has 1 aliphatic heterocycles. The summed E-state index contributed by atoms with van der Waals surface area (Å²) in [6.45, 7) is 0.227. The van der Waals surface area contributed by atoms with E-state index in [1.165, 1.54) is 4.90 Å². The van der Waals surface area contributed by atoms with Crippen LogP contribution in [0.4, 0.5) is 10.5 Å². The van der Waals surface area contributed by atoms with E-state index < -0.39 is 18.0 Å². The minimum Gasteiger partial charge on any atom is -0.481 e. The second kappa shape index (κ2) is 6.12. The van der Waals surface area contributed by atoms with Gasteiger partial charge in [0.05, 0.1) is 23.5 Å². The van der Waals surface area contributed by atoms with Gasteiger partial charge in [0, 0.05) is 20.0 Å². The molecule has 1 aliphatic rings. The van der Waals surface area contributed by atoms with Crippen molar-refractivity contribution in [3.8, 4) is 0 Å². The van der Waals surface area contributed by atoms with Crippen LogP contribution in [0.5, 0.6) is 0 Å². The van der Waals surface area contributed by atoms with Crippen LogP contribution in [-0.4, -0.2) is 33.5 Å². The maximum Gasteiger partial charge on any atom is 0.414 e. The van der Waals surface area contributed by atoms with Gasteiger partial charge in [-0.3, -0.25) is 14.4 Å². The number of carbonyl (C=O) groups is 2. The molecule has 7 nitrogen and oxygen atoms in total. The quantitative estimate of drug-likeness (QED) is 0.934. The molecule has 7 heteroatoms. The monoisotopic (exact) mass is 315 g/mol. The number of aromatic nitrogens is 2. The molecule has 23 heavy (non-hydrogen) atoms. The highest BCUT2D eigenvalue weighted by Gasteiger charge is 2.35. The van der Waals surface area contributed by atoms with Gasteiger partial charge in [-0.1, -0.05) is 30.3 Å². The lowest BCUT2D eigenvalue weighted by molar-refractivity contribution is -0.141. The number of carboxylic acid groups (broad SMARTS) is 1. The summed E-state index contributed by atoms with van der Waals surface area (Å²) >= 11 is 0. The number of amides is 1. The molecule has 2 heterocycles. The van der Waals surface area contributed by atoms with Crippen LogP contribution in [0.25, 0.3) is 0 Å². The number of anilines is 1. The first-order chi connectivity index (χ1) is 11.1. The third kappa shape index (κ3) is 3.03. The Kier molecular flexibility index (Phi) is 4.01. The summed E-state index contributed by atoms with van der Waals surface area (Å²) in [6.07, 6.45) is 1.36. The molecule has 0 saturated heterocycles. The maximum atomic E-state index is 12.4. The summed E-state index contributed by atoms with van der Waals surface area (Å²) in [7, 11) is 1.73. The Balaban J connectivity index is 1.77. The first-order valence-electron chi connectivity index (χ1n) is 7.28. The zero-order valence-electron chi connectivity index (χ0n) is 12.7. The van der Waals surface area contributed by atoms with E-state index in [1.54, 1.807) is 17.9 Å². The molecule has 1 amide bonds. The predicted octanol–water partition coefficient (Wildman–Crippen LogP) is 1.82. The Morgan fingerprint density at radius 2 is 2.09 bits per heavy atom. The van der Waals surface area contributed by atoms with Gasteiger partial charge in [-0.2, -0.15) is 5.10 Å². The van der Waals surface area contributed by atoms with Gasteiger partial charge in [0.15, 0.2) is 0 Å². The molecule has 1 atom stereocenters. The number of aryl methyl sites for hydroxylation is 1. The van der Waals surface area contributed by atoms with Crippen molar-refractivity contribution in [3.63, 3.8) is 0 Å². The summed E-state index contributed by atoms with van der Waals surface area (Å²) in [5.41, 5.74) is 2.21. The molecule has 0 saturated carbocycles. The van der Waals surface area contributed by atoms with E-state index in [1.807, 2.05) is 30.3 Å². The van der Waals surface area contributed by atoms with E-state index >= 15 is 0 Å². The van der Waals surface area contributed by atoms with Crippen LogP contribution < -0.4 is 4.90 Å². The fraction of sp³-hybridized carbons (Fsp3) is 0.312. The fourth-order valence-electron chi connectivity index (χ4n) is 2.67. The highest BCUT2D eigenvalue weighted by molar-refractivity contribution is 5.90. The Morgan fingerprint density at radius 1 is 1.35 bits per heavy atom. The van der Waals surface area contributed by atoms with Crippen LogP contribution in [0.3, 0.4) is 0 Å². The lowest BCUT2D eigenvalue weighted by atomic mass is 9.97. The van der Waals surface area contributed by atoms with E-state index in [-0.39, 0.29) is 13.2 Å². The molecule has 1 aromatic carbocycles. The lowest BCUT2D eigenvalue weighted by Crippen LogP contribution is -2.43. The summed E-state index contributed by atoms with van der Waals surface area (Å²) < 4.78 is 6.92. The molecular formula is C16H17N3O4. The molecule has 0 bridgehead atoms. The van der Waals surface area contributed by atoms with Gasteiger partial charge in [-0.25, -0.2) is 4.79 Å². The number of nitrogens with zero attached hydrogens (tertiary/aromatic N) is 3. The largest absolute Gasteiger partial charge is 0.481 e. The standard InChI is InChI=1S/C16H17N3O4/c1-18-13-7-12(15(20)21)9-19(14(13)8-17-18)16(22)23-10-11-5-3-2-4-6-11/h2-6,8,12H,7,9-10H2,1H3,(H,20,21). The molecule has 1 unspecified atom stereocenters. The van der Waals surface area contributed by atoms with Crippen molar-refractivity contribution in [2.75, 3.05) is 11.4 Å². The van der Waals surface area contributed by atoms with Crippen LogP contribution in [0, 0.1) is 5.92 Å². The van der Waals surface area contributed by atoms with E-state index in [9.17, 15) is 14.7 Å². The minimum atomic E-state index is -0.933. The molecule has 0 fully saturated rings. The number of benzene rings is 1. The third-order valence-corrected chi connectivity index (χ3v) is 3.95. The van der Waals surface area contributed by atoms with Crippen molar-refractivity contribution >= 4 is 17.7 Å². The molecule has 3 rings (SSSR count). The second-order valence-corrected chi connectivity index (χ2v) is 5.49. The Morgan fingerprint density at radius 3 is 2.78 bits per heavy atom. The van der Waals surface area contributed by atoms with Crippen LogP contribution in [-0.2, 0) is 29.6 Å². The zero-order chi connectivity index (χ0) is 16.4. The highest BCUT2D eigenvalue weighted by atomic mass is 16.6. The topological polar surface area (TPSA) is 84.7 Å². The van der Waals surface area contributed by atoms with Crippen molar-refractivity contribution in [1.82, 2.24) is 9.78 Å². The number of rotatable bonds is 3. The molecule has 120 valence electrons. The highest BCUT2D eigenvalue weighted by Crippen LogP contribution is 2.30. The summed E-state index contributed by atoms with van der Waals surface area (Å²) in [6, 6.07) is 9.33. The average molecular weight is 315 g/mol. The SMILES string of the molecule is Cn1ncc2c1CC(C(=O)O)CN2C(=O)OCc1ccccc1. The average Bonchev–Trinajstić information content (AvgIpc) is 2.94. The first kappa shape index (κ1) is 15.1.